The van der Waals surface area contributed by atoms with Gasteiger partial charge in [0.2, 0.25) is 0 Å². The van der Waals surface area contributed by atoms with Gasteiger partial charge in [-0.05, 0) is 16.5 Å². The largest absolute Gasteiger partial charge is 0.323 e. The van der Waals surface area contributed by atoms with E-state index in [1.54, 1.807) is 0 Å². The highest BCUT2D eigenvalue weighted by molar-refractivity contribution is 8.07. The Labute approximate surface area is 132 Å². The molecule has 1 aromatic rings. The number of nitrogens with two attached hydrogens (primary N) is 1. The molecular weight excluding hydrogens is 282 g/mol. The number of hydrogen-bond acceptors (Lipinski definition) is 3. The van der Waals surface area contributed by atoms with Crippen LogP contribution >= 0.6 is 23.5 Å². The van der Waals surface area contributed by atoms with Gasteiger partial charge in [-0.15, -0.1) is 0 Å². The van der Waals surface area contributed by atoms with E-state index in [1.807, 2.05) is 0 Å². The normalized spacial score (nSPS) is 29.2. The Morgan fingerprint density at radius 1 is 1.10 bits per heavy atom. The van der Waals surface area contributed by atoms with E-state index in [2.05, 4.69) is 82.4 Å². The van der Waals surface area contributed by atoms with Crippen molar-refractivity contribution in [2.24, 2.45) is 5.73 Å². The van der Waals surface area contributed by atoms with E-state index in [9.17, 15) is 0 Å². The molecule has 2 rings (SSSR count). The van der Waals surface area contributed by atoms with Gasteiger partial charge in [0, 0.05) is 27.5 Å². The molecule has 1 heterocycles. The summed E-state index contributed by atoms with van der Waals surface area (Å²) in [6.45, 7) is 11.4. The molecule has 0 bridgehead atoms. The van der Waals surface area contributed by atoms with Gasteiger partial charge >= 0.3 is 0 Å². The van der Waals surface area contributed by atoms with Crippen LogP contribution in [0.1, 0.15) is 51.8 Å². The van der Waals surface area contributed by atoms with Crippen LogP contribution in [0.2, 0.25) is 0 Å². The lowest BCUT2D eigenvalue weighted by Crippen LogP contribution is -2.34. The van der Waals surface area contributed by atoms with Crippen LogP contribution in [0.5, 0.6) is 0 Å². The van der Waals surface area contributed by atoms with Crippen LogP contribution in [0.15, 0.2) is 24.3 Å². The lowest BCUT2D eigenvalue weighted by Gasteiger charge is -2.34. The van der Waals surface area contributed by atoms with E-state index in [-0.39, 0.29) is 11.5 Å². The average Bonchev–Trinajstić information content (AvgIpc) is 2.40. The van der Waals surface area contributed by atoms with Crippen molar-refractivity contribution < 1.29 is 0 Å². The summed E-state index contributed by atoms with van der Waals surface area (Å²) < 4.78 is 0. The van der Waals surface area contributed by atoms with E-state index in [1.165, 1.54) is 16.9 Å². The fourth-order valence-electron chi connectivity index (χ4n) is 2.42. The molecule has 1 aromatic carbocycles. The Morgan fingerprint density at radius 3 is 2.20 bits per heavy atom. The molecule has 1 aliphatic rings. The van der Waals surface area contributed by atoms with Crippen molar-refractivity contribution in [3.05, 3.63) is 35.4 Å². The second kappa shape index (κ2) is 6.33. The van der Waals surface area contributed by atoms with Crippen molar-refractivity contribution in [1.29, 1.82) is 0 Å². The van der Waals surface area contributed by atoms with E-state index in [0.717, 1.165) is 5.25 Å². The molecule has 1 saturated heterocycles. The summed E-state index contributed by atoms with van der Waals surface area (Å²) in [6, 6.07) is 9.07. The molecule has 20 heavy (non-hydrogen) atoms. The first-order chi connectivity index (χ1) is 9.29. The van der Waals surface area contributed by atoms with Crippen LogP contribution in [-0.2, 0) is 5.41 Å². The molecule has 0 saturated carbocycles. The molecule has 1 aliphatic heterocycles. The fourth-order valence-corrected chi connectivity index (χ4v) is 5.46. The third kappa shape index (κ3) is 3.75. The highest BCUT2D eigenvalue weighted by atomic mass is 32.2. The van der Waals surface area contributed by atoms with E-state index in [4.69, 9.17) is 5.73 Å². The lowest BCUT2D eigenvalue weighted by atomic mass is 9.86. The molecule has 0 radical (unpaired) electrons. The van der Waals surface area contributed by atoms with Crippen molar-refractivity contribution in [1.82, 2.24) is 0 Å². The molecule has 0 aliphatic carbocycles. The zero-order chi connectivity index (χ0) is 14.9. The van der Waals surface area contributed by atoms with Crippen LogP contribution < -0.4 is 5.73 Å². The second-order valence-corrected chi connectivity index (χ2v) is 9.85. The predicted molar refractivity (Wildman–Crippen MR) is 94.8 cm³/mol. The van der Waals surface area contributed by atoms with Gasteiger partial charge in [0.1, 0.15) is 0 Å². The standard InChI is InChI=1S/C17H27NS2/c1-11-12(2)20-15(10-19-11)16(18)13-6-8-14(9-7-13)17(3,4)5/h6-9,11-12,15-16H,10,18H2,1-5H3. The Kier molecular flexibility index (Phi) is 5.14. The summed E-state index contributed by atoms with van der Waals surface area (Å²) in [5, 5.41) is 1.97. The summed E-state index contributed by atoms with van der Waals surface area (Å²) in [5.41, 5.74) is 9.36. The third-order valence-corrected chi connectivity index (χ3v) is 7.65. The van der Waals surface area contributed by atoms with Gasteiger partial charge in [-0.2, -0.15) is 23.5 Å². The van der Waals surface area contributed by atoms with Gasteiger partial charge in [-0.25, -0.2) is 0 Å². The summed E-state index contributed by atoms with van der Waals surface area (Å²) in [5.74, 6) is 1.17. The van der Waals surface area contributed by atoms with Gasteiger partial charge in [0.05, 0.1) is 0 Å². The average molecular weight is 310 g/mol. The zero-order valence-corrected chi connectivity index (χ0v) is 14.9. The van der Waals surface area contributed by atoms with E-state index in [0.29, 0.717) is 10.5 Å². The van der Waals surface area contributed by atoms with Crippen LogP contribution in [0.3, 0.4) is 0 Å². The minimum Gasteiger partial charge on any atom is -0.323 e. The second-order valence-electron chi connectivity index (χ2n) is 6.82. The fraction of sp³-hybridized carbons (Fsp3) is 0.647. The molecule has 0 amide bonds. The molecule has 112 valence electrons. The molecular formula is C17H27NS2. The number of thioether (sulfide) groups is 2. The van der Waals surface area contributed by atoms with Gasteiger partial charge in [0.15, 0.2) is 0 Å². The maximum absolute atomic E-state index is 6.50. The van der Waals surface area contributed by atoms with Crippen molar-refractivity contribution in [2.45, 2.75) is 61.8 Å². The highest BCUT2D eigenvalue weighted by Gasteiger charge is 2.30. The molecule has 0 spiro atoms. The Bertz CT molecular complexity index is 435. The SMILES string of the molecule is CC1SCC(C(N)c2ccc(C(C)(C)C)cc2)SC1C. The Balaban J connectivity index is 2.08. The van der Waals surface area contributed by atoms with E-state index < -0.39 is 0 Å². The number of hydrogen-bond donors (Lipinski definition) is 1. The minimum atomic E-state index is 0.150. The highest BCUT2D eigenvalue weighted by Crippen LogP contribution is 2.40. The monoisotopic (exact) mass is 309 g/mol. The molecule has 1 nitrogen and oxygen atoms in total. The van der Waals surface area contributed by atoms with Gasteiger partial charge < -0.3 is 5.73 Å². The summed E-state index contributed by atoms with van der Waals surface area (Å²) >= 11 is 4.13. The smallest absolute Gasteiger partial charge is 0.0423 e. The Hall–Kier alpha value is -0.120. The minimum absolute atomic E-state index is 0.150. The van der Waals surface area contributed by atoms with Crippen molar-refractivity contribution in [3.63, 3.8) is 0 Å². The molecule has 3 heteroatoms. The van der Waals surface area contributed by atoms with Crippen LogP contribution in [0.25, 0.3) is 0 Å². The van der Waals surface area contributed by atoms with Gasteiger partial charge in [0.25, 0.3) is 0 Å². The van der Waals surface area contributed by atoms with Crippen molar-refractivity contribution in [3.8, 4) is 0 Å². The summed E-state index contributed by atoms with van der Waals surface area (Å²) in [7, 11) is 0. The third-order valence-electron chi connectivity index (χ3n) is 4.14. The number of rotatable bonds is 2. The predicted octanol–water partition coefficient (Wildman–Crippen LogP) is 4.61. The zero-order valence-electron chi connectivity index (χ0n) is 13.2. The van der Waals surface area contributed by atoms with Crippen molar-refractivity contribution >= 4 is 23.5 Å². The molecule has 4 atom stereocenters. The first kappa shape index (κ1) is 16.3. The summed E-state index contributed by atoms with van der Waals surface area (Å²) in [4.78, 5) is 0. The van der Waals surface area contributed by atoms with Crippen LogP contribution in [0, 0.1) is 0 Å². The molecule has 2 N–H and O–H groups in total. The first-order valence-corrected chi connectivity index (χ1v) is 9.41. The maximum Gasteiger partial charge on any atom is 0.0423 e. The molecule has 4 unspecified atom stereocenters. The topological polar surface area (TPSA) is 26.0 Å². The van der Waals surface area contributed by atoms with Crippen LogP contribution in [-0.4, -0.2) is 21.5 Å². The number of benzene rings is 1. The molecule has 0 aromatic heterocycles. The Morgan fingerprint density at radius 2 is 1.70 bits per heavy atom. The lowest BCUT2D eigenvalue weighted by molar-refractivity contribution is 0.589. The van der Waals surface area contributed by atoms with Crippen LogP contribution in [0.4, 0.5) is 0 Å². The summed E-state index contributed by atoms with van der Waals surface area (Å²) in [6.07, 6.45) is 0. The van der Waals surface area contributed by atoms with Gasteiger partial charge in [-0.3, -0.25) is 0 Å². The maximum atomic E-state index is 6.50. The van der Waals surface area contributed by atoms with Gasteiger partial charge in [-0.1, -0.05) is 58.9 Å². The first-order valence-electron chi connectivity index (χ1n) is 7.42. The molecule has 1 fully saturated rings. The quantitative estimate of drug-likeness (QED) is 0.864. The van der Waals surface area contributed by atoms with E-state index >= 15 is 0 Å². The van der Waals surface area contributed by atoms with Crippen molar-refractivity contribution in [2.75, 3.05) is 5.75 Å².